The molecule has 0 saturated carbocycles. The molecule has 20 heavy (non-hydrogen) atoms. The van der Waals surface area contributed by atoms with Gasteiger partial charge in [0.15, 0.2) is 5.82 Å². The van der Waals surface area contributed by atoms with E-state index >= 15 is 0 Å². The standard InChI is InChI=1S/C12H15BrN4O2S/c1-2-17-8-11(12(14)16-17)20(18,19)15-7-9-3-5-10(13)6-4-9/h3-6,8,15H,2,7H2,1H3,(H2,14,16). The molecule has 2 aromatic rings. The van der Waals surface area contributed by atoms with Gasteiger partial charge in [0.2, 0.25) is 10.0 Å². The molecule has 8 heteroatoms. The van der Waals surface area contributed by atoms with Crippen molar-refractivity contribution in [2.75, 3.05) is 5.73 Å². The van der Waals surface area contributed by atoms with Gasteiger partial charge < -0.3 is 5.73 Å². The Labute approximate surface area is 126 Å². The summed E-state index contributed by atoms with van der Waals surface area (Å²) in [4.78, 5) is 0.0106. The number of halogens is 1. The first-order valence-electron chi connectivity index (χ1n) is 5.99. The van der Waals surface area contributed by atoms with Crippen molar-refractivity contribution in [3.8, 4) is 0 Å². The number of anilines is 1. The minimum Gasteiger partial charge on any atom is -0.381 e. The Bertz CT molecular complexity index is 695. The van der Waals surface area contributed by atoms with E-state index in [1.807, 2.05) is 31.2 Å². The molecular formula is C12H15BrN4O2S. The molecule has 0 radical (unpaired) electrons. The highest BCUT2D eigenvalue weighted by atomic mass is 79.9. The van der Waals surface area contributed by atoms with Crippen molar-refractivity contribution >= 4 is 31.8 Å². The van der Waals surface area contributed by atoms with Crippen LogP contribution in [-0.4, -0.2) is 18.2 Å². The first-order chi connectivity index (χ1) is 9.42. The zero-order valence-corrected chi connectivity index (χ0v) is 13.3. The van der Waals surface area contributed by atoms with Crippen LogP contribution in [0.4, 0.5) is 5.82 Å². The third-order valence-corrected chi connectivity index (χ3v) is 4.69. The summed E-state index contributed by atoms with van der Waals surface area (Å²) in [5.41, 5.74) is 6.49. The summed E-state index contributed by atoms with van der Waals surface area (Å²) in [5.74, 6) is 0.00940. The lowest BCUT2D eigenvalue weighted by Gasteiger charge is -2.05. The minimum absolute atomic E-state index is 0.00940. The Morgan fingerprint density at radius 2 is 2.00 bits per heavy atom. The average Bonchev–Trinajstić information content (AvgIpc) is 2.80. The molecule has 0 bridgehead atoms. The van der Waals surface area contributed by atoms with Crippen molar-refractivity contribution in [3.05, 3.63) is 40.5 Å². The highest BCUT2D eigenvalue weighted by Gasteiger charge is 2.20. The van der Waals surface area contributed by atoms with Gasteiger partial charge in [-0.1, -0.05) is 28.1 Å². The molecule has 1 aromatic heterocycles. The summed E-state index contributed by atoms with van der Waals surface area (Å²) in [7, 11) is -3.66. The van der Waals surface area contributed by atoms with Gasteiger partial charge in [-0.05, 0) is 24.6 Å². The molecule has 108 valence electrons. The van der Waals surface area contributed by atoms with Crippen LogP contribution in [0.1, 0.15) is 12.5 Å². The van der Waals surface area contributed by atoms with E-state index in [-0.39, 0.29) is 17.3 Å². The second kappa shape index (κ2) is 5.94. The molecule has 0 unspecified atom stereocenters. The molecule has 0 fully saturated rings. The fourth-order valence-corrected chi connectivity index (χ4v) is 3.00. The number of nitrogen functional groups attached to an aromatic ring is 1. The SMILES string of the molecule is CCn1cc(S(=O)(=O)NCc2ccc(Br)cc2)c(N)n1. The zero-order chi connectivity index (χ0) is 14.8. The second-order valence-corrected chi connectivity index (χ2v) is 6.84. The molecule has 1 aromatic carbocycles. The third-order valence-electron chi connectivity index (χ3n) is 2.75. The van der Waals surface area contributed by atoms with Gasteiger partial charge in [-0.25, -0.2) is 13.1 Å². The number of nitrogens with two attached hydrogens (primary N) is 1. The monoisotopic (exact) mass is 358 g/mol. The lowest BCUT2D eigenvalue weighted by molar-refractivity contribution is 0.581. The number of nitrogens with zero attached hydrogens (tertiary/aromatic N) is 2. The number of rotatable bonds is 5. The zero-order valence-electron chi connectivity index (χ0n) is 10.9. The lowest BCUT2D eigenvalue weighted by atomic mass is 10.2. The van der Waals surface area contributed by atoms with Crippen LogP contribution in [0, 0.1) is 0 Å². The fourth-order valence-electron chi connectivity index (χ4n) is 1.65. The largest absolute Gasteiger partial charge is 0.381 e. The van der Waals surface area contributed by atoms with Crippen molar-refractivity contribution in [2.24, 2.45) is 0 Å². The van der Waals surface area contributed by atoms with Crippen LogP contribution in [0.3, 0.4) is 0 Å². The normalized spacial score (nSPS) is 11.7. The van der Waals surface area contributed by atoms with E-state index < -0.39 is 10.0 Å². The smallest absolute Gasteiger partial charge is 0.246 e. The molecule has 0 amide bonds. The molecule has 2 rings (SSSR count). The molecule has 0 saturated heterocycles. The van der Waals surface area contributed by atoms with Gasteiger partial charge in [0.05, 0.1) is 0 Å². The Kier molecular flexibility index (Phi) is 4.46. The maximum Gasteiger partial charge on any atom is 0.246 e. The highest BCUT2D eigenvalue weighted by Crippen LogP contribution is 2.17. The summed E-state index contributed by atoms with van der Waals surface area (Å²) in [6.45, 7) is 2.62. The molecule has 0 atom stereocenters. The molecule has 0 aliphatic heterocycles. The van der Waals surface area contributed by atoms with E-state index in [0.717, 1.165) is 10.0 Å². The van der Waals surface area contributed by atoms with E-state index in [2.05, 4.69) is 25.8 Å². The third kappa shape index (κ3) is 3.38. The van der Waals surface area contributed by atoms with E-state index in [9.17, 15) is 8.42 Å². The average molecular weight is 359 g/mol. The minimum atomic E-state index is -3.66. The summed E-state index contributed by atoms with van der Waals surface area (Å²) in [6, 6.07) is 7.39. The molecule has 0 spiro atoms. The topological polar surface area (TPSA) is 90.0 Å². The number of aromatic nitrogens is 2. The number of sulfonamides is 1. The first kappa shape index (κ1) is 15.0. The van der Waals surface area contributed by atoms with Gasteiger partial charge in [-0.3, -0.25) is 4.68 Å². The highest BCUT2D eigenvalue weighted by molar-refractivity contribution is 9.10. The van der Waals surface area contributed by atoms with E-state index in [0.29, 0.717) is 6.54 Å². The van der Waals surface area contributed by atoms with Crippen molar-refractivity contribution in [3.63, 3.8) is 0 Å². The molecule has 6 nitrogen and oxygen atoms in total. The summed E-state index contributed by atoms with van der Waals surface area (Å²) in [5, 5.41) is 3.93. The van der Waals surface area contributed by atoms with Gasteiger partial charge >= 0.3 is 0 Å². The predicted molar refractivity (Wildman–Crippen MR) is 80.5 cm³/mol. The van der Waals surface area contributed by atoms with E-state index in [4.69, 9.17) is 5.73 Å². The Morgan fingerprint density at radius 1 is 1.35 bits per heavy atom. The van der Waals surface area contributed by atoms with Crippen molar-refractivity contribution in [2.45, 2.75) is 24.9 Å². The molecule has 0 aliphatic carbocycles. The number of nitrogens with one attached hydrogen (secondary N) is 1. The van der Waals surface area contributed by atoms with Crippen molar-refractivity contribution in [1.82, 2.24) is 14.5 Å². The molecular weight excluding hydrogens is 344 g/mol. The molecule has 3 N–H and O–H groups in total. The summed E-state index contributed by atoms with van der Waals surface area (Å²) < 4.78 is 29.3. The van der Waals surface area contributed by atoms with Gasteiger partial charge in [0.1, 0.15) is 4.90 Å². The van der Waals surface area contributed by atoms with Crippen molar-refractivity contribution < 1.29 is 8.42 Å². The molecule has 0 aliphatic rings. The van der Waals surface area contributed by atoms with E-state index in [1.54, 1.807) is 0 Å². The van der Waals surface area contributed by atoms with Crippen LogP contribution < -0.4 is 10.5 Å². The second-order valence-electron chi connectivity index (χ2n) is 4.19. The fraction of sp³-hybridized carbons (Fsp3) is 0.250. The number of hydrogen-bond donors (Lipinski definition) is 2. The maximum absolute atomic E-state index is 12.2. The Balaban J connectivity index is 2.14. The van der Waals surface area contributed by atoms with Gasteiger partial charge in [0, 0.05) is 23.8 Å². The van der Waals surface area contributed by atoms with Crippen LogP contribution in [0.25, 0.3) is 0 Å². The van der Waals surface area contributed by atoms with E-state index in [1.165, 1.54) is 10.9 Å². The quantitative estimate of drug-likeness (QED) is 0.851. The molecule has 1 heterocycles. The summed E-state index contributed by atoms with van der Waals surface area (Å²) in [6.07, 6.45) is 1.43. The first-order valence-corrected chi connectivity index (χ1v) is 8.27. The Morgan fingerprint density at radius 3 is 2.55 bits per heavy atom. The lowest BCUT2D eigenvalue weighted by Crippen LogP contribution is -2.23. The number of hydrogen-bond acceptors (Lipinski definition) is 4. The van der Waals surface area contributed by atoms with Gasteiger partial charge in [0.25, 0.3) is 0 Å². The summed E-state index contributed by atoms with van der Waals surface area (Å²) >= 11 is 3.33. The van der Waals surface area contributed by atoms with Crippen LogP contribution >= 0.6 is 15.9 Å². The van der Waals surface area contributed by atoms with Crippen LogP contribution in [0.15, 0.2) is 39.8 Å². The van der Waals surface area contributed by atoms with Crippen LogP contribution in [0.2, 0.25) is 0 Å². The maximum atomic E-state index is 12.2. The predicted octanol–water partition coefficient (Wildman–Crippen LogP) is 1.73. The number of benzene rings is 1. The van der Waals surface area contributed by atoms with Crippen LogP contribution in [0.5, 0.6) is 0 Å². The van der Waals surface area contributed by atoms with Gasteiger partial charge in [-0.2, -0.15) is 5.10 Å². The number of aryl methyl sites for hydroxylation is 1. The van der Waals surface area contributed by atoms with Gasteiger partial charge in [-0.15, -0.1) is 0 Å². The van der Waals surface area contributed by atoms with Crippen molar-refractivity contribution in [1.29, 1.82) is 0 Å². The Hall–Kier alpha value is -1.38. The van der Waals surface area contributed by atoms with Crippen LogP contribution in [-0.2, 0) is 23.1 Å².